The molecule has 0 unspecified atom stereocenters. The number of hydrogen-bond acceptors (Lipinski definition) is 2. The molecule has 0 radical (unpaired) electrons. The first-order valence-corrected chi connectivity index (χ1v) is 7.34. The zero-order valence-corrected chi connectivity index (χ0v) is 12.7. The summed E-state index contributed by atoms with van der Waals surface area (Å²) in [5.74, 6) is -0.825. The Labute approximate surface area is 126 Å². The lowest BCUT2D eigenvalue weighted by Gasteiger charge is -2.31. The Kier molecular flexibility index (Phi) is 4.84. The van der Waals surface area contributed by atoms with E-state index in [0.29, 0.717) is 0 Å². The molecule has 0 fully saturated rings. The van der Waals surface area contributed by atoms with Crippen LogP contribution in [0, 0.1) is 5.41 Å². The van der Waals surface area contributed by atoms with Gasteiger partial charge in [0.1, 0.15) is 6.54 Å². The van der Waals surface area contributed by atoms with Crippen LogP contribution in [0.2, 0.25) is 0 Å². The van der Waals surface area contributed by atoms with E-state index in [0.717, 1.165) is 25.0 Å². The second kappa shape index (κ2) is 6.61. The van der Waals surface area contributed by atoms with Crippen molar-refractivity contribution in [3.8, 4) is 0 Å². The molecular weight excluding hydrogens is 262 g/mol. The predicted octanol–water partition coefficient (Wildman–Crippen LogP) is 3.53. The third-order valence-electron chi connectivity index (χ3n) is 3.62. The van der Waals surface area contributed by atoms with Gasteiger partial charge in [0, 0.05) is 5.70 Å². The van der Waals surface area contributed by atoms with Crippen LogP contribution in [0.25, 0.3) is 0 Å². The highest BCUT2D eigenvalue weighted by Gasteiger charge is 2.25. The van der Waals surface area contributed by atoms with Crippen molar-refractivity contribution in [2.45, 2.75) is 33.1 Å². The molecule has 3 heteroatoms. The highest BCUT2D eigenvalue weighted by molar-refractivity contribution is 5.69. The first kappa shape index (κ1) is 15.4. The van der Waals surface area contributed by atoms with E-state index >= 15 is 0 Å². The van der Waals surface area contributed by atoms with Crippen LogP contribution in [0.3, 0.4) is 0 Å². The van der Waals surface area contributed by atoms with Gasteiger partial charge in [-0.2, -0.15) is 0 Å². The fraction of sp³-hybridized carbons (Fsp3) is 0.389. The first-order valence-electron chi connectivity index (χ1n) is 7.34. The van der Waals surface area contributed by atoms with E-state index in [1.165, 1.54) is 11.1 Å². The van der Waals surface area contributed by atoms with Crippen molar-refractivity contribution in [3.63, 3.8) is 0 Å². The van der Waals surface area contributed by atoms with Crippen molar-refractivity contribution in [3.05, 3.63) is 59.3 Å². The Balaban J connectivity index is 2.09. The van der Waals surface area contributed by atoms with Crippen LogP contribution in [0.15, 0.2) is 53.8 Å². The maximum Gasteiger partial charge on any atom is 0.322 e. The molecule has 1 aliphatic rings. The van der Waals surface area contributed by atoms with Gasteiger partial charge in [0.05, 0.1) is 0 Å². The number of rotatable bonds is 5. The monoisotopic (exact) mass is 285 g/mol. The summed E-state index contributed by atoms with van der Waals surface area (Å²) < 4.78 is 0. The Morgan fingerprint density at radius 1 is 1.29 bits per heavy atom. The Morgan fingerprint density at radius 3 is 2.67 bits per heavy atom. The van der Waals surface area contributed by atoms with Gasteiger partial charge in [-0.05, 0) is 41.9 Å². The molecule has 0 amide bonds. The van der Waals surface area contributed by atoms with E-state index in [2.05, 4.69) is 43.4 Å². The van der Waals surface area contributed by atoms with Crippen LogP contribution in [0.1, 0.15) is 32.3 Å². The molecule has 0 bridgehead atoms. The van der Waals surface area contributed by atoms with Crippen LogP contribution < -0.4 is 5.32 Å². The van der Waals surface area contributed by atoms with Gasteiger partial charge in [-0.25, -0.2) is 0 Å². The molecule has 3 nitrogen and oxygen atoms in total. The summed E-state index contributed by atoms with van der Waals surface area (Å²) in [7, 11) is 0. The van der Waals surface area contributed by atoms with E-state index in [1.54, 1.807) is 0 Å². The highest BCUT2D eigenvalue weighted by Crippen LogP contribution is 2.37. The maximum absolute atomic E-state index is 10.7. The number of hydrogen-bond donors (Lipinski definition) is 2. The van der Waals surface area contributed by atoms with Gasteiger partial charge < -0.3 is 10.4 Å². The van der Waals surface area contributed by atoms with Gasteiger partial charge in [-0.15, -0.1) is 0 Å². The average Bonchev–Trinajstić information content (AvgIpc) is 2.42. The van der Waals surface area contributed by atoms with Gasteiger partial charge >= 0.3 is 5.97 Å². The van der Waals surface area contributed by atoms with Crippen molar-refractivity contribution in [2.24, 2.45) is 5.41 Å². The van der Waals surface area contributed by atoms with Gasteiger partial charge in [-0.1, -0.05) is 50.3 Å². The molecule has 0 heterocycles. The van der Waals surface area contributed by atoms with Crippen molar-refractivity contribution >= 4 is 5.97 Å². The van der Waals surface area contributed by atoms with Crippen LogP contribution in [0.4, 0.5) is 0 Å². The van der Waals surface area contributed by atoms with Gasteiger partial charge in [0.2, 0.25) is 0 Å². The van der Waals surface area contributed by atoms with Gasteiger partial charge in [0.25, 0.3) is 0 Å². The van der Waals surface area contributed by atoms with E-state index in [9.17, 15) is 4.79 Å². The number of carboxylic acids is 1. The quantitative estimate of drug-likeness (QED) is 0.870. The summed E-state index contributed by atoms with van der Waals surface area (Å²) in [5.41, 5.74) is 3.76. The summed E-state index contributed by atoms with van der Waals surface area (Å²) in [6.45, 7) is 4.42. The van der Waals surface area contributed by atoms with E-state index in [4.69, 9.17) is 5.11 Å². The molecule has 0 aromatic heterocycles. The molecule has 0 saturated heterocycles. The number of carboxylic acid groups (broad SMARTS) is 1. The molecule has 0 atom stereocenters. The van der Waals surface area contributed by atoms with Crippen molar-refractivity contribution in [1.82, 2.24) is 5.32 Å². The minimum absolute atomic E-state index is 0.0200. The van der Waals surface area contributed by atoms with E-state index < -0.39 is 5.97 Å². The average molecular weight is 285 g/mol. The van der Waals surface area contributed by atoms with Crippen LogP contribution in [0.5, 0.6) is 0 Å². The summed E-state index contributed by atoms with van der Waals surface area (Å²) in [5, 5.41) is 11.8. The van der Waals surface area contributed by atoms with Crippen LogP contribution >= 0.6 is 0 Å². The Bertz CT molecular complexity index is 556. The van der Waals surface area contributed by atoms with Crippen molar-refractivity contribution < 1.29 is 9.90 Å². The molecule has 1 aliphatic carbocycles. The third-order valence-corrected chi connectivity index (χ3v) is 3.62. The number of nitrogens with one attached hydrogen (secondary N) is 1. The highest BCUT2D eigenvalue weighted by atomic mass is 16.4. The summed E-state index contributed by atoms with van der Waals surface area (Å²) in [6.07, 6.45) is 7.19. The normalized spacial score (nSPS) is 19.1. The summed E-state index contributed by atoms with van der Waals surface area (Å²) >= 11 is 0. The van der Waals surface area contributed by atoms with Crippen LogP contribution in [-0.2, 0) is 11.2 Å². The van der Waals surface area contributed by atoms with E-state index in [-0.39, 0.29) is 12.0 Å². The second-order valence-electron chi connectivity index (χ2n) is 6.40. The zero-order valence-electron chi connectivity index (χ0n) is 12.7. The molecule has 21 heavy (non-hydrogen) atoms. The maximum atomic E-state index is 10.7. The Morgan fingerprint density at radius 2 is 2.00 bits per heavy atom. The standard InChI is InChI=1S/C18H23NO2/c1-18(2)11-15(9-8-14-6-4-3-5-7-14)10-16(12-18)19-13-17(20)21/h3-7,9-10,19H,8,11-13H2,1-2H3,(H,20,21)/b15-9+. The van der Waals surface area contributed by atoms with E-state index in [1.807, 2.05) is 18.2 Å². The second-order valence-corrected chi connectivity index (χ2v) is 6.40. The number of carbonyl (C=O) groups is 1. The lowest BCUT2D eigenvalue weighted by molar-refractivity contribution is -0.135. The Hall–Kier alpha value is -2.03. The van der Waals surface area contributed by atoms with Crippen LogP contribution in [-0.4, -0.2) is 17.6 Å². The zero-order chi connectivity index (χ0) is 15.3. The molecular formula is C18H23NO2. The molecule has 2 rings (SSSR count). The summed E-state index contributed by atoms with van der Waals surface area (Å²) in [6, 6.07) is 10.4. The van der Waals surface area contributed by atoms with Gasteiger partial charge in [-0.3, -0.25) is 4.79 Å². The minimum Gasteiger partial charge on any atom is -0.480 e. The lowest BCUT2D eigenvalue weighted by atomic mass is 9.77. The molecule has 1 aromatic carbocycles. The summed E-state index contributed by atoms with van der Waals surface area (Å²) in [4.78, 5) is 10.7. The molecule has 0 aliphatic heterocycles. The fourth-order valence-electron chi connectivity index (χ4n) is 2.75. The molecule has 0 saturated carbocycles. The number of benzene rings is 1. The minimum atomic E-state index is -0.825. The molecule has 2 N–H and O–H groups in total. The largest absolute Gasteiger partial charge is 0.480 e. The topological polar surface area (TPSA) is 49.3 Å². The van der Waals surface area contributed by atoms with Crippen molar-refractivity contribution in [1.29, 1.82) is 0 Å². The van der Waals surface area contributed by atoms with Gasteiger partial charge in [0.15, 0.2) is 0 Å². The fourth-order valence-corrected chi connectivity index (χ4v) is 2.75. The number of allylic oxidation sites excluding steroid dienone is 4. The molecule has 0 spiro atoms. The number of aliphatic carboxylic acids is 1. The third kappa shape index (κ3) is 5.10. The first-order chi connectivity index (χ1) is 9.94. The van der Waals surface area contributed by atoms with Crippen molar-refractivity contribution in [2.75, 3.05) is 6.54 Å². The smallest absolute Gasteiger partial charge is 0.322 e. The molecule has 1 aromatic rings. The SMILES string of the molecule is CC1(C)CC(NCC(=O)O)=C/C(=C\Cc2ccccc2)C1. The predicted molar refractivity (Wildman–Crippen MR) is 85.0 cm³/mol. The molecule has 112 valence electrons. The lowest BCUT2D eigenvalue weighted by Crippen LogP contribution is -2.28.